The minimum Gasteiger partial charge on any atom is -0.481 e. The molecule has 116 valence electrons. The summed E-state index contributed by atoms with van der Waals surface area (Å²) in [6.07, 6.45) is 0. The lowest BCUT2D eigenvalue weighted by Crippen LogP contribution is -2.02. The summed E-state index contributed by atoms with van der Waals surface area (Å²) in [5.41, 5.74) is 3.12. The summed E-state index contributed by atoms with van der Waals surface area (Å²) >= 11 is 10.5. The Morgan fingerprint density at radius 1 is 1.36 bits per heavy atom. The summed E-state index contributed by atoms with van der Waals surface area (Å²) in [7, 11) is 0. The van der Waals surface area contributed by atoms with Gasteiger partial charge in [-0.05, 0) is 37.1 Å². The van der Waals surface area contributed by atoms with E-state index >= 15 is 0 Å². The number of benzene rings is 1. The van der Waals surface area contributed by atoms with Crippen molar-refractivity contribution in [2.45, 2.75) is 19.0 Å². The van der Waals surface area contributed by atoms with Crippen LogP contribution < -0.4 is 5.32 Å². The van der Waals surface area contributed by atoms with E-state index in [9.17, 15) is 4.79 Å². The maximum Gasteiger partial charge on any atom is 0.313 e. The van der Waals surface area contributed by atoms with Crippen molar-refractivity contribution >= 4 is 56.8 Å². The molecule has 8 heteroatoms. The fourth-order valence-electron chi connectivity index (χ4n) is 1.71. The van der Waals surface area contributed by atoms with Gasteiger partial charge in [-0.1, -0.05) is 39.3 Å². The van der Waals surface area contributed by atoms with Gasteiger partial charge >= 0.3 is 5.97 Å². The number of aromatic nitrogens is 2. The number of carboxylic acid groups (broad SMARTS) is 1. The first-order valence-corrected chi connectivity index (χ1v) is 8.44. The standard InChI is InChI=1S/C14H13BrClN3O2S/c1-7-8(2)10(4-3-9(7)15)17-12-5-11(16)18-14(19-12)22-6-13(20)21/h3-5H,6H2,1-2H3,(H,20,21)(H,17,18,19). The number of carboxylic acids is 1. The van der Waals surface area contributed by atoms with Gasteiger partial charge in [0.05, 0.1) is 5.75 Å². The largest absolute Gasteiger partial charge is 0.481 e. The van der Waals surface area contributed by atoms with Crippen molar-refractivity contribution in [3.8, 4) is 0 Å². The first kappa shape index (κ1) is 17.1. The van der Waals surface area contributed by atoms with Crippen LogP contribution in [0.5, 0.6) is 0 Å². The fourth-order valence-corrected chi connectivity index (χ4v) is 2.95. The van der Waals surface area contributed by atoms with Crippen LogP contribution >= 0.6 is 39.3 Å². The van der Waals surface area contributed by atoms with E-state index in [-0.39, 0.29) is 10.9 Å². The Balaban J connectivity index is 2.26. The number of hydrogen-bond donors (Lipinski definition) is 2. The van der Waals surface area contributed by atoms with E-state index < -0.39 is 5.97 Å². The Bertz CT molecular complexity index is 727. The lowest BCUT2D eigenvalue weighted by Gasteiger charge is -2.13. The predicted molar refractivity (Wildman–Crippen MR) is 92.3 cm³/mol. The van der Waals surface area contributed by atoms with Crippen molar-refractivity contribution in [2.75, 3.05) is 11.1 Å². The molecular formula is C14H13BrClN3O2S. The van der Waals surface area contributed by atoms with Crippen molar-refractivity contribution in [2.24, 2.45) is 0 Å². The molecule has 5 nitrogen and oxygen atoms in total. The quantitative estimate of drug-likeness (QED) is 0.438. The molecule has 2 aromatic rings. The molecule has 22 heavy (non-hydrogen) atoms. The van der Waals surface area contributed by atoms with Crippen molar-refractivity contribution in [1.29, 1.82) is 0 Å². The van der Waals surface area contributed by atoms with E-state index in [1.165, 1.54) is 0 Å². The molecule has 1 aromatic heterocycles. The van der Waals surface area contributed by atoms with Crippen molar-refractivity contribution in [3.63, 3.8) is 0 Å². The van der Waals surface area contributed by atoms with Crippen LogP contribution in [-0.2, 0) is 4.79 Å². The molecule has 0 fully saturated rings. The van der Waals surface area contributed by atoms with Gasteiger partial charge in [-0.15, -0.1) is 0 Å². The highest BCUT2D eigenvalue weighted by Crippen LogP contribution is 2.29. The fraction of sp³-hybridized carbons (Fsp3) is 0.214. The highest BCUT2D eigenvalue weighted by Gasteiger charge is 2.09. The first-order chi connectivity index (χ1) is 10.4. The SMILES string of the molecule is Cc1c(Br)ccc(Nc2cc(Cl)nc(SCC(=O)O)n2)c1C. The highest BCUT2D eigenvalue weighted by molar-refractivity contribution is 9.10. The zero-order valence-electron chi connectivity index (χ0n) is 11.9. The average Bonchev–Trinajstić information content (AvgIpc) is 2.45. The van der Waals surface area contributed by atoms with E-state index in [2.05, 4.69) is 31.2 Å². The maximum absolute atomic E-state index is 10.6. The molecule has 0 atom stereocenters. The number of rotatable bonds is 5. The molecule has 2 rings (SSSR count). The number of nitrogens with zero attached hydrogens (tertiary/aromatic N) is 2. The van der Waals surface area contributed by atoms with Crippen LogP contribution in [0.1, 0.15) is 11.1 Å². The molecule has 0 spiro atoms. The van der Waals surface area contributed by atoms with Gasteiger partial charge in [0.1, 0.15) is 11.0 Å². The van der Waals surface area contributed by atoms with Crippen LogP contribution in [0.15, 0.2) is 27.8 Å². The minimum atomic E-state index is -0.928. The van der Waals surface area contributed by atoms with E-state index in [4.69, 9.17) is 16.7 Å². The summed E-state index contributed by atoms with van der Waals surface area (Å²) in [6, 6.07) is 5.49. The Morgan fingerprint density at radius 3 is 2.77 bits per heavy atom. The number of anilines is 2. The molecule has 0 saturated heterocycles. The Hall–Kier alpha value is -1.31. The van der Waals surface area contributed by atoms with Crippen LogP contribution in [0, 0.1) is 13.8 Å². The van der Waals surface area contributed by atoms with Crippen LogP contribution in [0.4, 0.5) is 11.5 Å². The summed E-state index contributed by atoms with van der Waals surface area (Å²) in [6.45, 7) is 4.02. The Labute approximate surface area is 145 Å². The molecule has 0 radical (unpaired) electrons. The lowest BCUT2D eigenvalue weighted by atomic mass is 10.1. The first-order valence-electron chi connectivity index (χ1n) is 6.28. The molecule has 0 bridgehead atoms. The molecule has 2 N–H and O–H groups in total. The number of halogens is 2. The molecule has 0 amide bonds. The second-order valence-electron chi connectivity index (χ2n) is 4.51. The van der Waals surface area contributed by atoms with Gasteiger partial charge in [-0.25, -0.2) is 9.97 Å². The van der Waals surface area contributed by atoms with Crippen LogP contribution in [0.25, 0.3) is 0 Å². The van der Waals surface area contributed by atoms with Crippen LogP contribution in [0.3, 0.4) is 0 Å². The van der Waals surface area contributed by atoms with Gasteiger partial charge in [0.2, 0.25) is 0 Å². The predicted octanol–water partition coefficient (Wildman–Crippen LogP) is 4.43. The van der Waals surface area contributed by atoms with E-state index in [1.807, 2.05) is 26.0 Å². The van der Waals surface area contributed by atoms with Gasteiger partial charge in [0, 0.05) is 16.2 Å². The number of nitrogens with one attached hydrogen (secondary N) is 1. The Morgan fingerprint density at radius 2 is 2.09 bits per heavy atom. The third-order valence-corrected chi connectivity index (χ3v) is 4.87. The monoisotopic (exact) mass is 401 g/mol. The van der Waals surface area contributed by atoms with Crippen LogP contribution in [0.2, 0.25) is 5.15 Å². The molecule has 0 unspecified atom stereocenters. The molecule has 0 aliphatic rings. The number of thioether (sulfide) groups is 1. The molecule has 0 aliphatic heterocycles. The summed E-state index contributed by atoms with van der Waals surface area (Å²) < 4.78 is 1.04. The average molecular weight is 403 g/mol. The third kappa shape index (κ3) is 4.34. The van der Waals surface area contributed by atoms with Gasteiger partial charge in [-0.3, -0.25) is 4.79 Å². The lowest BCUT2D eigenvalue weighted by molar-refractivity contribution is -0.133. The van der Waals surface area contributed by atoms with E-state index in [1.54, 1.807) is 6.07 Å². The Kier molecular flexibility index (Phi) is 5.66. The third-order valence-electron chi connectivity index (χ3n) is 2.98. The highest BCUT2D eigenvalue weighted by atomic mass is 79.9. The van der Waals surface area contributed by atoms with Crippen molar-refractivity contribution < 1.29 is 9.90 Å². The smallest absolute Gasteiger partial charge is 0.313 e. The van der Waals surface area contributed by atoms with E-state index in [0.717, 1.165) is 33.0 Å². The zero-order valence-corrected chi connectivity index (χ0v) is 15.0. The van der Waals surface area contributed by atoms with Gasteiger partial charge in [-0.2, -0.15) is 0 Å². The summed E-state index contributed by atoms with van der Waals surface area (Å²) in [4.78, 5) is 18.9. The molecule has 0 saturated carbocycles. The normalized spacial score (nSPS) is 10.5. The zero-order chi connectivity index (χ0) is 16.3. The second kappa shape index (κ2) is 7.30. The van der Waals surface area contributed by atoms with Crippen molar-refractivity contribution in [3.05, 3.63) is 39.0 Å². The van der Waals surface area contributed by atoms with Gasteiger partial charge in [0.25, 0.3) is 0 Å². The maximum atomic E-state index is 10.6. The van der Waals surface area contributed by atoms with Gasteiger partial charge in [0.15, 0.2) is 5.16 Å². The molecule has 0 aliphatic carbocycles. The van der Waals surface area contributed by atoms with Gasteiger partial charge < -0.3 is 10.4 Å². The molecule has 1 aromatic carbocycles. The topological polar surface area (TPSA) is 75.1 Å². The van der Waals surface area contributed by atoms with Crippen LogP contribution in [-0.4, -0.2) is 26.8 Å². The summed E-state index contributed by atoms with van der Waals surface area (Å²) in [5, 5.41) is 12.5. The number of hydrogen-bond acceptors (Lipinski definition) is 5. The second-order valence-corrected chi connectivity index (χ2v) is 6.69. The number of aliphatic carboxylic acids is 1. The molecular weight excluding hydrogens is 390 g/mol. The molecule has 1 heterocycles. The van der Waals surface area contributed by atoms with Crippen molar-refractivity contribution in [1.82, 2.24) is 9.97 Å². The number of carbonyl (C=O) groups is 1. The minimum absolute atomic E-state index is 0.115. The van der Waals surface area contributed by atoms with E-state index in [0.29, 0.717) is 11.0 Å². The summed E-state index contributed by atoms with van der Waals surface area (Å²) in [5.74, 6) is -0.517.